The van der Waals surface area contributed by atoms with Crippen molar-refractivity contribution in [3.05, 3.63) is 77.4 Å². The molecule has 0 fully saturated rings. The molecule has 0 amide bonds. The van der Waals surface area contributed by atoms with E-state index in [4.69, 9.17) is 9.15 Å². The number of esters is 1. The third-order valence-electron chi connectivity index (χ3n) is 6.00. The number of sulfonamides is 1. The highest BCUT2D eigenvalue weighted by molar-refractivity contribution is 7.92. The quantitative estimate of drug-likeness (QED) is 0.300. The molecule has 1 N–H and O–H groups in total. The summed E-state index contributed by atoms with van der Waals surface area (Å²) in [5, 5.41) is 0. The first-order chi connectivity index (χ1) is 16.9. The number of benzene rings is 3. The largest absolute Gasteiger partial charge is 0.465 e. The van der Waals surface area contributed by atoms with E-state index in [0.717, 1.165) is 5.56 Å². The highest BCUT2D eigenvalue weighted by Crippen LogP contribution is 2.30. The molecule has 0 aliphatic heterocycles. The van der Waals surface area contributed by atoms with E-state index >= 15 is 0 Å². The Hall–Kier alpha value is -3.65. The van der Waals surface area contributed by atoms with E-state index in [-0.39, 0.29) is 21.8 Å². The molecule has 0 bridgehead atoms. The number of carbonyl (C=O) groups excluding carboxylic acids is 1. The van der Waals surface area contributed by atoms with Crippen molar-refractivity contribution < 1.29 is 22.4 Å². The van der Waals surface area contributed by atoms with Crippen LogP contribution >= 0.6 is 0 Å². The number of carbonyl (C=O) groups is 1. The lowest BCUT2D eigenvalue weighted by molar-refractivity contribution is 0.0598. The van der Waals surface area contributed by atoms with Crippen molar-refractivity contribution in [2.75, 3.05) is 11.8 Å². The Morgan fingerprint density at radius 2 is 1.69 bits per heavy atom. The molecule has 0 aliphatic carbocycles. The van der Waals surface area contributed by atoms with E-state index in [0.29, 0.717) is 28.2 Å². The lowest BCUT2D eigenvalue weighted by Gasteiger charge is -2.18. The number of rotatable bonds is 6. The molecule has 4 aromatic rings. The van der Waals surface area contributed by atoms with Crippen LogP contribution in [0.4, 0.5) is 5.69 Å². The van der Waals surface area contributed by atoms with Crippen LogP contribution in [-0.2, 0) is 20.2 Å². The molecule has 4 rings (SSSR count). The maximum atomic E-state index is 13.1. The van der Waals surface area contributed by atoms with Crippen LogP contribution in [0.25, 0.3) is 22.6 Å². The average Bonchev–Trinajstić information content (AvgIpc) is 3.26. The predicted molar refractivity (Wildman–Crippen MR) is 141 cm³/mol. The summed E-state index contributed by atoms with van der Waals surface area (Å²) in [6.07, 6.45) is 0. The molecule has 36 heavy (non-hydrogen) atoms. The van der Waals surface area contributed by atoms with Crippen molar-refractivity contribution in [1.82, 2.24) is 4.98 Å². The molecule has 0 saturated carbocycles. The fourth-order valence-electron chi connectivity index (χ4n) is 3.93. The number of aromatic nitrogens is 1. The molecule has 7 nitrogen and oxygen atoms in total. The maximum Gasteiger partial charge on any atom is 0.338 e. The van der Waals surface area contributed by atoms with Gasteiger partial charge in [0.05, 0.1) is 23.3 Å². The molecule has 3 aromatic carbocycles. The standard InChI is InChI=1S/C28H30N2O5S/c1-17(2)22-13-12-21(16-23(22)27(31)34-6)36(32,33)30-20-11-14-25-24(15-20)29-26(35-25)18-7-9-19(10-8-18)28(3,4)5/h7-17,30H,1-6H3. The Morgan fingerprint density at radius 3 is 2.31 bits per heavy atom. The van der Waals surface area contributed by atoms with E-state index in [1.807, 2.05) is 26.0 Å². The van der Waals surface area contributed by atoms with Crippen LogP contribution in [0.1, 0.15) is 62.0 Å². The molecular formula is C28H30N2O5S. The number of nitrogens with zero attached hydrogens (tertiary/aromatic N) is 1. The number of anilines is 1. The molecular weight excluding hydrogens is 476 g/mol. The lowest BCUT2D eigenvalue weighted by Crippen LogP contribution is -2.15. The van der Waals surface area contributed by atoms with Gasteiger partial charge in [0, 0.05) is 5.56 Å². The first kappa shape index (κ1) is 25.4. The highest BCUT2D eigenvalue weighted by Gasteiger charge is 2.22. The molecule has 0 unspecified atom stereocenters. The van der Waals surface area contributed by atoms with Crippen molar-refractivity contribution in [2.45, 2.75) is 50.8 Å². The van der Waals surface area contributed by atoms with Gasteiger partial charge in [-0.1, -0.05) is 52.8 Å². The summed E-state index contributed by atoms with van der Waals surface area (Å²) in [6.45, 7) is 10.3. The van der Waals surface area contributed by atoms with Gasteiger partial charge in [-0.3, -0.25) is 4.72 Å². The lowest BCUT2D eigenvalue weighted by atomic mass is 9.87. The molecule has 188 valence electrons. The summed E-state index contributed by atoms with van der Waals surface area (Å²) in [4.78, 5) is 16.8. The molecule has 0 spiro atoms. The van der Waals surface area contributed by atoms with Crippen molar-refractivity contribution in [3.63, 3.8) is 0 Å². The van der Waals surface area contributed by atoms with Gasteiger partial charge in [-0.05, 0) is 64.9 Å². The van der Waals surface area contributed by atoms with E-state index in [9.17, 15) is 13.2 Å². The van der Waals surface area contributed by atoms with Crippen molar-refractivity contribution in [1.29, 1.82) is 0 Å². The zero-order chi connectivity index (χ0) is 26.3. The second-order valence-electron chi connectivity index (χ2n) is 10.0. The fourth-order valence-corrected chi connectivity index (χ4v) is 5.01. The summed E-state index contributed by atoms with van der Waals surface area (Å²) in [7, 11) is -2.70. The average molecular weight is 507 g/mol. The Morgan fingerprint density at radius 1 is 1.00 bits per heavy atom. The van der Waals surface area contributed by atoms with Crippen LogP contribution in [-0.4, -0.2) is 26.5 Å². The SMILES string of the molecule is COC(=O)c1cc(S(=O)(=O)Nc2ccc3oc(-c4ccc(C(C)(C)C)cc4)nc3c2)ccc1C(C)C. The summed E-state index contributed by atoms with van der Waals surface area (Å²) in [5.41, 5.74) is 4.42. The highest BCUT2D eigenvalue weighted by atomic mass is 32.2. The van der Waals surface area contributed by atoms with Gasteiger partial charge in [0.2, 0.25) is 5.89 Å². The maximum absolute atomic E-state index is 13.1. The van der Waals surface area contributed by atoms with Gasteiger partial charge in [0.15, 0.2) is 5.58 Å². The molecule has 0 atom stereocenters. The van der Waals surface area contributed by atoms with Gasteiger partial charge >= 0.3 is 5.97 Å². The van der Waals surface area contributed by atoms with Crippen LogP contribution in [0.15, 0.2) is 70.0 Å². The molecule has 0 radical (unpaired) electrons. The zero-order valence-corrected chi connectivity index (χ0v) is 22.1. The Bertz CT molecular complexity index is 1530. The molecule has 0 saturated heterocycles. The third kappa shape index (κ3) is 5.14. The molecule has 1 heterocycles. The number of hydrogen-bond donors (Lipinski definition) is 1. The van der Waals surface area contributed by atoms with E-state index < -0.39 is 16.0 Å². The van der Waals surface area contributed by atoms with Gasteiger partial charge in [-0.2, -0.15) is 0 Å². The van der Waals surface area contributed by atoms with Crippen LogP contribution < -0.4 is 4.72 Å². The number of methoxy groups -OCH3 is 1. The minimum Gasteiger partial charge on any atom is -0.465 e. The first-order valence-electron chi connectivity index (χ1n) is 11.7. The number of hydrogen-bond acceptors (Lipinski definition) is 6. The van der Waals surface area contributed by atoms with E-state index in [2.05, 4.69) is 42.6 Å². The van der Waals surface area contributed by atoms with E-state index in [1.165, 1.54) is 24.8 Å². The first-order valence-corrected chi connectivity index (χ1v) is 13.1. The predicted octanol–water partition coefficient (Wildman–Crippen LogP) is 6.50. The Kier molecular flexibility index (Phi) is 6.66. The van der Waals surface area contributed by atoms with Crippen molar-refractivity contribution in [3.8, 4) is 11.5 Å². The molecule has 1 aromatic heterocycles. The van der Waals surface area contributed by atoms with Crippen molar-refractivity contribution >= 4 is 32.8 Å². The minimum atomic E-state index is -3.97. The summed E-state index contributed by atoms with van der Waals surface area (Å²) in [5.74, 6) is -0.0995. The topological polar surface area (TPSA) is 98.5 Å². The van der Waals surface area contributed by atoms with Crippen LogP contribution in [0.2, 0.25) is 0 Å². The number of nitrogens with one attached hydrogen (secondary N) is 1. The van der Waals surface area contributed by atoms with Gasteiger partial charge in [-0.15, -0.1) is 0 Å². The number of oxazole rings is 1. The Labute approximate surface area is 211 Å². The molecule has 8 heteroatoms. The van der Waals surface area contributed by atoms with Crippen LogP contribution in [0, 0.1) is 0 Å². The smallest absolute Gasteiger partial charge is 0.338 e. The number of ether oxygens (including phenoxy) is 1. The zero-order valence-electron chi connectivity index (χ0n) is 21.2. The third-order valence-corrected chi connectivity index (χ3v) is 7.38. The van der Waals surface area contributed by atoms with E-state index in [1.54, 1.807) is 24.3 Å². The van der Waals surface area contributed by atoms with Gasteiger partial charge in [0.1, 0.15) is 5.52 Å². The monoisotopic (exact) mass is 506 g/mol. The fraction of sp³-hybridized carbons (Fsp3) is 0.286. The minimum absolute atomic E-state index is 0.0252. The normalized spacial score (nSPS) is 12.2. The van der Waals surface area contributed by atoms with Crippen LogP contribution in [0.5, 0.6) is 0 Å². The summed E-state index contributed by atoms with van der Waals surface area (Å²) < 4.78 is 39.5. The summed E-state index contributed by atoms with van der Waals surface area (Å²) >= 11 is 0. The second-order valence-corrected chi connectivity index (χ2v) is 11.7. The molecule has 0 aliphatic rings. The summed E-state index contributed by atoms with van der Waals surface area (Å²) in [6, 6.07) is 17.4. The second kappa shape index (κ2) is 9.43. The van der Waals surface area contributed by atoms with Gasteiger partial charge in [-0.25, -0.2) is 18.2 Å². The van der Waals surface area contributed by atoms with Gasteiger partial charge in [0.25, 0.3) is 10.0 Å². The van der Waals surface area contributed by atoms with Crippen molar-refractivity contribution in [2.24, 2.45) is 0 Å². The van der Waals surface area contributed by atoms with Crippen LogP contribution in [0.3, 0.4) is 0 Å². The Balaban J connectivity index is 1.63. The number of fused-ring (bicyclic) bond motifs is 1. The van der Waals surface area contributed by atoms with Gasteiger partial charge < -0.3 is 9.15 Å².